The second kappa shape index (κ2) is 6.37. The van der Waals surface area contributed by atoms with E-state index in [1.54, 1.807) is 0 Å². The number of halogens is 1. The summed E-state index contributed by atoms with van der Waals surface area (Å²) >= 11 is 5.80. The van der Waals surface area contributed by atoms with Gasteiger partial charge in [-0.05, 0) is 29.8 Å². The van der Waals surface area contributed by atoms with Gasteiger partial charge in [0, 0.05) is 22.7 Å². The van der Waals surface area contributed by atoms with Crippen LogP contribution < -0.4 is 5.32 Å². The summed E-state index contributed by atoms with van der Waals surface area (Å²) < 4.78 is 0. The maximum atomic E-state index is 12.2. The van der Waals surface area contributed by atoms with E-state index in [4.69, 9.17) is 11.6 Å². The highest BCUT2D eigenvalue weighted by Crippen LogP contribution is 2.34. The van der Waals surface area contributed by atoms with E-state index in [2.05, 4.69) is 5.32 Å². The van der Waals surface area contributed by atoms with Gasteiger partial charge in [0.1, 0.15) is 5.76 Å². The first-order valence-electron chi connectivity index (χ1n) is 7.17. The quantitative estimate of drug-likeness (QED) is 0.288. The second-order valence-corrected chi connectivity index (χ2v) is 5.79. The molecule has 1 unspecified atom stereocenters. The Hall–Kier alpha value is -3.19. The van der Waals surface area contributed by atoms with Crippen LogP contribution in [0.2, 0.25) is 5.02 Å². The molecule has 2 aromatic rings. The maximum Gasteiger partial charge on any atom is 0.293 e. The summed E-state index contributed by atoms with van der Waals surface area (Å²) in [6, 6.07) is 10.6. The van der Waals surface area contributed by atoms with Crippen molar-refractivity contribution in [1.29, 1.82) is 0 Å². The predicted molar refractivity (Wildman–Crippen MR) is 90.0 cm³/mol. The SMILES string of the molecule is O=C1NC(c2cccc([N+](=O)[O-])c2)/C(=C(\O)c2ccc(Cl)cc2)C1=O. The highest BCUT2D eigenvalue weighted by molar-refractivity contribution is 6.46. The standard InChI is InChI=1S/C17H11ClN2O5/c18-11-6-4-9(5-7-11)15(21)13-14(19-17(23)16(13)22)10-2-1-3-12(8-10)20(24)25/h1-8,14,21H,(H,19,23)/b15-13+. The number of ketones is 1. The third-order valence-electron chi connectivity index (χ3n) is 3.80. The van der Waals surface area contributed by atoms with Gasteiger partial charge in [-0.2, -0.15) is 0 Å². The first-order valence-corrected chi connectivity index (χ1v) is 7.55. The fraction of sp³-hybridized carbons (Fsp3) is 0.0588. The number of aliphatic hydroxyl groups excluding tert-OH is 1. The highest BCUT2D eigenvalue weighted by atomic mass is 35.5. The zero-order valence-corrected chi connectivity index (χ0v) is 13.4. The van der Waals surface area contributed by atoms with E-state index in [1.807, 2.05) is 0 Å². The van der Waals surface area contributed by atoms with Gasteiger partial charge in [0.25, 0.3) is 17.4 Å². The Morgan fingerprint density at radius 3 is 2.48 bits per heavy atom. The number of non-ortho nitro benzene ring substituents is 1. The monoisotopic (exact) mass is 358 g/mol. The van der Waals surface area contributed by atoms with Crippen molar-refractivity contribution >= 4 is 34.7 Å². The highest BCUT2D eigenvalue weighted by Gasteiger charge is 2.39. The predicted octanol–water partition coefficient (Wildman–Crippen LogP) is 2.96. The number of amides is 1. The van der Waals surface area contributed by atoms with Gasteiger partial charge in [0.2, 0.25) is 0 Å². The van der Waals surface area contributed by atoms with Crippen LogP contribution >= 0.6 is 11.6 Å². The maximum absolute atomic E-state index is 12.2. The summed E-state index contributed by atoms with van der Waals surface area (Å²) in [5.74, 6) is -2.15. The van der Waals surface area contributed by atoms with Crippen molar-refractivity contribution in [3.63, 3.8) is 0 Å². The summed E-state index contributed by atoms with van der Waals surface area (Å²) in [6.07, 6.45) is 0. The van der Waals surface area contributed by atoms with Crippen molar-refractivity contribution in [2.45, 2.75) is 6.04 Å². The van der Waals surface area contributed by atoms with Crippen molar-refractivity contribution in [1.82, 2.24) is 5.32 Å². The Balaban J connectivity index is 2.12. The number of Topliss-reactive ketones (excluding diaryl/α,β-unsaturated/α-hetero) is 1. The molecular formula is C17H11ClN2O5. The number of carbonyl (C=O) groups is 2. The van der Waals surface area contributed by atoms with Crippen LogP contribution in [-0.2, 0) is 9.59 Å². The van der Waals surface area contributed by atoms with Gasteiger partial charge in [-0.1, -0.05) is 23.7 Å². The van der Waals surface area contributed by atoms with E-state index in [9.17, 15) is 24.8 Å². The Morgan fingerprint density at radius 2 is 1.84 bits per heavy atom. The lowest BCUT2D eigenvalue weighted by molar-refractivity contribution is -0.384. The average molecular weight is 359 g/mol. The third kappa shape index (κ3) is 3.09. The number of hydrogen-bond acceptors (Lipinski definition) is 5. The minimum atomic E-state index is -0.976. The van der Waals surface area contributed by atoms with E-state index in [-0.39, 0.29) is 17.0 Å². The van der Waals surface area contributed by atoms with Gasteiger partial charge in [-0.25, -0.2) is 0 Å². The van der Waals surface area contributed by atoms with Crippen molar-refractivity contribution in [2.75, 3.05) is 0 Å². The minimum absolute atomic E-state index is 0.159. The Morgan fingerprint density at radius 1 is 1.16 bits per heavy atom. The Labute approximate surface area is 146 Å². The fourth-order valence-electron chi connectivity index (χ4n) is 2.60. The summed E-state index contributed by atoms with van der Waals surface area (Å²) in [6.45, 7) is 0. The van der Waals surface area contributed by atoms with E-state index in [0.717, 1.165) is 0 Å². The summed E-state index contributed by atoms with van der Waals surface area (Å²) in [7, 11) is 0. The Bertz CT molecular complexity index is 921. The topological polar surface area (TPSA) is 110 Å². The molecule has 1 saturated heterocycles. The van der Waals surface area contributed by atoms with Crippen molar-refractivity contribution in [3.05, 3.63) is 80.4 Å². The lowest BCUT2D eigenvalue weighted by Gasteiger charge is -2.13. The molecule has 1 fully saturated rings. The molecule has 1 atom stereocenters. The summed E-state index contributed by atoms with van der Waals surface area (Å²) in [5, 5.41) is 24.3. The molecule has 3 rings (SSSR count). The Kier molecular flexibility index (Phi) is 4.24. The number of nitrogens with zero attached hydrogens (tertiary/aromatic N) is 1. The molecular weight excluding hydrogens is 348 g/mol. The first-order chi connectivity index (χ1) is 11.9. The first kappa shape index (κ1) is 16.7. The van der Waals surface area contributed by atoms with E-state index in [1.165, 1.54) is 48.5 Å². The van der Waals surface area contributed by atoms with Crippen LogP contribution in [0.4, 0.5) is 5.69 Å². The average Bonchev–Trinajstić information content (AvgIpc) is 2.90. The minimum Gasteiger partial charge on any atom is -0.507 e. The molecule has 2 N–H and O–H groups in total. The molecule has 1 heterocycles. The zero-order chi connectivity index (χ0) is 18.1. The number of carbonyl (C=O) groups excluding carboxylic acids is 2. The van der Waals surface area contributed by atoms with Crippen LogP contribution in [0.5, 0.6) is 0 Å². The van der Waals surface area contributed by atoms with E-state index in [0.29, 0.717) is 16.1 Å². The number of nitro groups is 1. The molecule has 0 spiro atoms. The van der Waals surface area contributed by atoms with Gasteiger partial charge in [0.05, 0.1) is 16.5 Å². The van der Waals surface area contributed by atoms with Crippen LogP contribution in [0.3, 0.4) is 0 Å². The van der Waals surface area contributed by atoms with E-state index >= 15 is 0 Å². The summed E-state index contributed by atoms with van der Waals surface area (Å²) in [5.41, 5.74) is 0.285. The van der Waals surface area contributed by atoms with Crippen LogP contribution in [0.15, 0.2) is 54.1 Å². The second-order valence-electron chi connectivity index (χ2n) is 5.36. The van der Waals surface area contributed by atoms with Crippen LogP contribution in [-0.4, -0.2) is 21.7 Å². The summed E-state index contributed by atoms with van der Waals surface area (Å²) in [4.78, 5) is 34.4. The molecule has 126 valence electrons. The molecule has 1 aliphatic heterocycles. The number of hydrogen-bond donors (Lipinski definition) is 2. The van der Waals surface area contributed by atoms with Gasteiger partial charge < -0.3 is 10.4 Å². The number of nitro benzene ring substituents is 1. The van der Waals surface area contributed by atoms with Gasteiger partial charge >= 0.3 is 0 Å². The van der Waals surface area contributed by atoms with E-state index < -0.39 is 22.7 Å². The number of aliphatic hydroxyl groups is 1. The molecule has 1 amide bonds. The number of rotatable bonds is 3. The number of benzene rings is 2. The lowest BCUT2D eigenvalue weighted by Crippen LogP contribution is -2.21. The molecule has 8 heteroatoms. The molecule has 0 saturated carbocycles. The molecule has 25 heavy (non-hydrogen) atoms. The lowest BCUT2D eigenvalue weighted by atomic mass is 9.95. The smallest absolute Gasteiger partial charge is 0.293 e. The molecule has 0 aromatic heterocycles. The van der Waals surface area contributed by atoms with Crippen molar-refractivity contribution < 1.29 is 19.6 Å². The van der Waals surface area contributed by atoms with Crippen LogP contribution in [0, 0.1) is 10.1 Å². The largest absolute Gasteiger partial charge is 0.507 e. The third-order valence-corrected chi connectivity index (χ3v) is 4.05. The van der Waals surface area contributed by atoms with Gasteiger partial charge in [-0.15, -0.1) is 0 Å². The molecule has 1 aliphatic rings. The van der Waals surface area contributed by atoms with Gasteiger partial charge in [0.15, 0.2) is 0 Å². The molecule has 0 aliphatic carbocycles. The van der Waals surface area contributed by atoms with Crippen LogP contribution in [0.1, 0.15) is 17.2 Å². The van der Waals surface area contributed by atoms with Crippen LogP contribution in [0.25, 0.3) is 5.76 Å². The van der Waals surface area contributed by atoms with Gasteiger partial charge in [-0.3, -0.25) is 19.7 Å². The van der Waals surface area contributed by atoms with Crippen molar-refractivity contribution in [3.8, 4) is 0 Å². The normalized spacial score (nSPS) is 18.8. The molecule has 0 bridgehead atoms. The fourth-order valence-corrected chi connectivity index (χ4v) is 2.72. The van der Waals surface area contributed by atoms with Crippen molar-refractivity contribution in [2.24, 2.45) is 0 Å². The molecule has 0 radical (unpaired) electrons. The number of nitrogens with one attached hydrogen (secondary N) is 1. The molecule has 7 nitrogen and oxygen atoms in total. The molecule has 2 aromatic carbocycles. The zero-order valence-electron chi connectivity index (χ0n) is 12.6.